The third kappa shape index (κ3) is 6.92. The van der Waals surface area contributed by atoms with E-state index >= 15 is 0 Å². The number of nitrogens with one attached hydrogen (secondary N) is 2. The van der Waals surface area contributed by atoms with Crippen molar-refractivity contribution in [3.8, 4) is 0 Å². The number of nitrogens with zero attached hydrogens (tertiary/aromatic N) is 3. The van der Waals surface area contributed by atoms with Crippen molar-refractivity contribution in [1.82, 2.24) is 19.8 Å². The Balaban J connectivity index is 1.71. The number of amides is 1. The van der Waals surface area contributed by atoms with Crippen LogP contribution in [0.4, 0.5) is 0 Å². The molecule has 1 heterocycles. The fourth-order valence-corrected chi connectivity index (χ4v) is 5.02. The third-order valence-electron chi connectivity index (χ3n) is 5.72. The fourth-order valence-electron chi connectivity index (χ4n) is 4.09. The number of hydrogen-bond donors (Lipinski definition) is 2. The first-order valence-electron chi connectivity index (χ1n) is 10.6. The van der Waals surface area contributed by atoms with Crippen LogP contribution in [0, 0.1) is 5.92 Å². The average Bonchev–Trinajstić information content (AvgIpc) is 3.14. The molecule has 1 saturated carbocycles. The summed E-state index contributed by atoms with van der Waals surface area (Å²) in [5.74, 6) is 1.26. The predicted molar refractivity (Wildman–Crippen MR) is 113 cm³/mol. The summed E-state index contributed by atoms with van der Waals surface area (Å²) >= 11 is 0. The largest absolute Gasteiger partial charge is 0.356 e. The lowest BCUT2D eigenvalue weighted by molar-refractivity contribution is -0.135. The second-order valence-corrected chi connectivity index (χ2v) is 9.84. The smallest absolute Gasteiger partial charge is 0.225 e. The lowest BCUT2D eigenvalue weighted by Gasteiger charge is -2.26. The number of carbonyl (C=O) groups is 1. The van der Waals surface area contributed by atoms with Gasteiger partial charge in [-0.1, -0.05) is 26.2 Å². The van der Waals surface area contributed by atoms with Crippen LogP contribution in [0.5, 0.6) is 0 Å². The Bertz CT molecular complexity index is 631. The van der Waals surface area contributed by atoms with E-state index in [9.17, 15) is 13.2 Å². The molecule has 2 rings (SSSR count). The van der Waals surface area contributed by atoms with Crippen LogP contribution in [-0.4, -0.2) is 81.6 Å². The molecule has 162 valence electrons. The van der Waals surface area contributed by atoms with Crippen LogP contribution >= 0.6 is 0 Å². The van der Waals surface area contributed by atoms with Gasteiger partial charge in [-0.05, 0) is 25.7 Å². The summed E-state index contributed by atoms with van der Waals surface area (Å²) in [6.45, 7) is 5.00. The zero-order valence-corrected chi connectivity index (χ0v) is 18.4. The highest BCUT2D eigenvalue weighted by Crippen LogP contribution is 2.26. The molecule has 2 aliphatic rings. The van der Waals surface area contributed by atoms with Gasteiger partial charge in [-0.2, -0.15) is 0 Å². The lowest BCUT2D eigenvalue weighted by atomic mass is 9.88. The average molecular weight is 416 g/mol. The van der Waals surface area contributed by atoms with Crippen LogP contribution in [0.2, 0.25) is 0 Å². The van der Waals surface area contributed by atoms with Gasteiger partial charge in [0.2, 0.25) is 15.9 Å². The summed E-state index contributed by atoms with van der Waals surface area (Å²) in [4.78, 5) is 18.9. The maximum absolute atomic E-state index is 12.7. The monoisotopic (exact) mass is 415 g/mol. The van der Waals surface area contributed by atoms with Crippen molar-refractivity contribution < 1.29 is 13.2 Å². The molecule has 28 heavy (non-hydrogen) atoms. The molecule has 0 radical (unpaired) electrons. The van der Waals surface area contributed by atoms with Crippen molar-refractivity contribution in [3.05, 3.63) is 0 Å². The van der Waals surface area contributed by atoms with Crippen molar-refractivity contribution >= 4 is 21.9 Å². The minimum absolute atomic E-state index is 0.210. The van der Waals surface area contributed by atoms with Crippen molar-refractivity contribution in [3.63, 3.8) is 0 Å². The zero-order chi connectivity index (χ0) is 20.6. The highest BCUT2D eigenvalue weighted by Gasteiger charge is 2.31. The molecule has 1 saturated heterocycles. The molecule has 1 unspecified atom stereocenters. The molecule has 1 aliphatic carbocycles. The van der Waals surface area contributed by atoms with Crippen molar-refractivity contribution in [2.45, 2.75) is 57.9 Å². The molecule has 9 heteroatoms. The van der Waals surface area contributed by atoms with Gasteiger partial charge >= 0.3 is 0 Å². The van der Waals surface area contributed by atoms with Gasteiger partial charge in [0.05, 0.1) is 6.26 Å². The number of likely N-dealkylation sites (tertiary alicyclic amines) is 1. The topological polar surface area (TPSA) is 94.1 Å². The molecule has 0 spiro atoms. The Kier molecular flexibility index (Phi) is 9.01. The van der Waals surface area contributed by atoms with Crippen molar-refractivity contribution in [2.24, 2.45) is 10.9 Å². The van der Waals surface area contributed by atoms with Crippen molar-refractivity contribution in [2.75, 3.05) is 46.0 Å². The molecule has 8 nitrogen and oxygen atoms in total. The number of aliphatic imine (C=N–C) groups is 1. The summed E-state index contributed by atoms with van der Waals surface area (Å²) < 4.78 is 24.7. The number of guanidine groups is 1. The summed E-state index contributed by atoms with van der Waals surface area (Å²) in [6, 6.07) is 0.210. The Hall–Kier alpha value is -1.35. The van der Waals surface area contributed by atoms with Crippen LogP contribution in [-0.2, 0) is 14.8 Å². The maximum atomic E-state index is 12.7. The first-order chi connectivity index (χ1) is 13.3. The Labute approximate surface area is 170 Å². The Morgan fingerprint density at radius 1 is 1.21 bits per heavy atom. The molecule has 1 amide bonds. The van der Waals surface area contributed by atoms with E-state index in [-0.39, 0.29) is 12.0 Å². The molecule has 0 aromatic heterocycles. The van der Waals surface area contributed by atoms with Gasteiger partial charge in [-0.25, -0.2) is 12.7 Å². The molecule has 0 aromatic carbocycles. The van der Waals surface area contributed by atoms with E-state index in [1.54, 1.807) is 7.05 Å². The summed E-state index contributed by atoms with van der Waals surface area (Å²) in [6.07, 6.45) is 8.57. The van der Waals surface area contributed by atoms with E-state index < -0.39 is 10.0 Å². The predicted octanol–water partition coefficient (Wildman–Crippen LogP) is 1.00. The summed E-state index contributed by atoms with van der Waals surface area (Å²) in [5.41, 5.74) is 0. The molecule has 0 aromatic rings. The van der Waals surface area contributed by atoms with Crippen molar-refractivity contribution in [1.29, 1.82) is 0 Å². The van der Waals surface area contributed by atoms with Crippen LogP contribution in [0.15, 0.2) is 4.99 Å². The second kappa shape index (κ2) is 11.0. The van der Waals surface area contributed by atoms with E-state index in [0.717, 1.165) is 32.4 Å². The molecular formula is C19H37N5O3S. The number of sulfonamides is 1. The van der Waals surface area contributed by atoms with Gasteiger partial charge in [0.25, 0.3) is 0 Å². The Morgan fingerprint density at radius 3 is 2.54 bits per heavy atom. The summed E-state index contributed by atoms with van der Waals surface area (Å²) in [5, 5.41) is 6.65. The lowest BCUT2D eigenvalue weighted by Crippen LogP contribution is -2.46. The van der Waals surface area contributed by atoms with Crippen LogP contribution in [0.1, 0.15) is 51.9 Å². The highest BCUT2D eigenvalue weighted by atomic mass is 32.2. The fraction of sp³-hybridized carbons (Fsp3) is 0.895. The highest BCUT2D eigenvalue weighted by molar-refractivity contribution is 7.88. The molecule has 1 aliphatic heterocycles. The maximum Gasteiger partial charge on any atom is 0.225 e. The van der Waals surface area contributed by atoms with E-state index in [2.05, 4.69) is 15.6 Å². The third-order valence-corrected chi connectivity index (χ3v) is 7.10. The zero-order valence-electron chi connectivity index (χ0n) is 17.6. The Morgan fingerprint density at radius 2 is 1.93 bits per heavy atom. The first kappa shape index (κ1) is 22.9. The molecule has 2 fully saturated rings. The van der Waals surface area contributed by atoms with Crippen LogP contribution < -0.4 is 10.6 Å². The van der Waals surface area contributed by atoms with E-state index in [0.29, 0.717) is 37.9 Å². The normalized spacial score (nSPS) is 21.9. The molecule has 1 atom stereocenters. The van der Waals surface area contributed by atoms with Gasteiger partial charge < -0.3 is 15.5 Å². The van der Waals surface area contributed by atoms with Crippen LogP contribution in [0.3, 0.4) is 0 Å². The van der Waals surface area contributed by atoms with Gasteiger partial charge in [0.15, 0.2) is 5.96 Å². The van der Waals surface area contributed by atoms with E-state index in [1.165, 1.54) is 29.8 Å². The second-order valence-electron chi connectivity index (χ2n) is 7.86. The van der Waals surface area contributed by atoms with Gasteiger partial charge in [-0.3, -0.25) is 9.79 Å². The summed E-state index contributed by atoms with van der Waals surface area (Å²) in [7, 11) is -1.42. The first-order valence-corrected chi connectivity index (χ1v) is 12.4. The quantitative estimate of drug-likeness (QED) is 0.350. The SMILES string of the molecule is CCN(CCCNC(=NC)NC1CCN(C(=O)C2CCCCC2)C1)S(C)(=O)=O. The van der Waals surface area contributed by atoms with Gasteiger partial charge in [0, 0.05) is 51.7 Å². The van der Waals surface area contributed by atoms with E-state index in [4.69, 9.17) is 0 Å². The van der Waals surface area contributed by atoms with Gasteiger partial charge in [0.1, 0.15) is 0 Å². The number of carbonyl (C=O) groups excluding carboxylic acids is 1. The minimum atomic E-state index is -3.14. The van der Waals surface area contributed by atoms with E-state index in [1.807, 2.05) is 11.8 Å². The van der Waals surface area contributed by atoms with Crippen LogP contribution in [0.25, 0.3) is 0 Å². The molecular weight excluding hydrogens is 378 g/mol. The standard InChI is InChI=1S/C19H37N5O3S/c1-4-24(28(3,26)27)13-8-12-21-19(20-2)22-17-11-14-23(15-17)18(25)16-9-6-5-7-10-16/h16-17H,4-15H2,1-3H3,(H2,20,21,22). The number of rotatable bonds is 8. The van der Waals surface area contributed by atoms with Gasteiger partial charge in [-0.15, -0.1) is 0 Å². The molecule has 2 N–H and O–H groups in total. The molecule has 0 bridgehead atoms. The minimum Gasteiger partial charge on any atom is -0.356 e. The number of hydrogen-bond acceptors (Lipinski definition) is 4.